The number of amides is 1. The number of pyridine rings is 1. The Bertz CT molecular complexity index is 1330. The maximum Gasteiger partial charge on any atom is 0.228 e. The van der Waals surface area contributed by atoms with E-state index in [1.54, 1.807) is 6.20 Å². The van der Waals surface area contributed by atoms with Crippen molar-refractivity contribution in [1.82, 2.24) is 15.2 Å². The number of aromatic nitrogens is 1. The van der Waals surface area contributed by atoms with Gasteiger partial charge in [0.25, 0.3) is 0 Å². The van der Waals surface area contributed by atoms with Crippen LogP contribution in [0, 0.1) is 5.92 Å². The fourth-order valence-corrected chi connectivity index (χ4v) is 6.33. The third-order valence-electron chi connectivity index (χ3n) is 8.21. The van der Waals surface area contributed by atoms with Gasteiger partial charge in [0, 0.05) is 43.5 Å². The Labute approximate surface area is 219 Å². The lowest BCUT2D eigenvalue weighted by molar-refractivity contribution is -0.139. The maximum absolute atomic E-state index is 14.3. The number of carbonyl (C=O) groups excluding carboxylic acids is 1. The summed E-state index contributed by atoms with van der Waals surface area (Å²) in [5, 5.41) is 3.55. The third kappa shape index (κ3) is 4.82. The SMILES string of the molecule is O=C([C@@H]1CNC[C@H]1c1ccccc1-c1cccnc1)N1CC[C@H](c2ccccc2)C[C@@H]1c1ccccc1. The second kappa shape index (κ2) is 10.7. The summed E-state index contributed by atoms with van der Waals surface area (Å²) in [4.78, 5) is 20.9. The Morgan fingerprint density at radius 3 is 2.30 bits per heavy atom. The monoisotopic (exact) mass is 487 g/mol. The highest BCUT2D eigenvalue weighted by Crippen LogP contribution is 2.42. The largest absolute Gasteiger partial charge is 0.335 e. The topological polar surface area (TPSA) is 45.2 Å². The van der Waals surface area contributed by atoms with Gasteiger partial charge in [0.2, 0.25) is 5.91 Å². The van der Waals surface area contributed by atoms with Gasteiger partial charge in [-0.2, -0.15) is 0 Å². The molecule has 37 heavy (non-hydrogen) atoms. The molecule has 6 rings (SSSR count). The summed E-state index contributed by atoms with van der Waals surface area (Å²) in [6.45, 7) is 2.31. The van der Waals surface area contributed by atoms with Gasteiger partial charge >= 0.3 is 0 Å². The van der Waals surface area contributed by atoms with Crippen molar-refractivity contribution in [3.8, 4) is 11.1 Å². The highest BCUT2D eigenvalue weighted by molar-refractivity contribution is 5.82. The molecule has 0 unspecified atom stereocenters. The number of hydrogen-bond acceptors (Lipinski definition) is 3. The number of nitrogens with one attached hydrogen (secondary N) is 1. The van der Waals surface area contributed by atoms with Crippen LogP contribution in [0.15, 0.2) is 109 Å². The second-order valence-electron chi connectivity index (χ2n) is 10.3. The molecule has 3 aromatic carbocycles. The quantitative estimate of drug-likeness (QED) is 0.365. The van der Waals surface area contributed by atoms with Crippen molar-refractivity contribution in [2.24, 2.45) is 5.92 Å². The van der Waals surface area contributed by atoms with E-state index in [2.05, 4.69) is 106 Å². The van der Waals surface area contributed by atoms with E-state index in [9.17, 15) is 4.79 Å². The molecule has 4 atom stereocenters. The molecule has 1 aromatic heterocycles. The van der Waals surface area contributed by atoms with E-state index in [-0.39, 0.29) is 23.8 Å². The number of likely N-dealkylation sites (tertiary alicyclic amines) is 1. The van der Waals surface area contributed by atoms with Crippen LogP contribution in [0.5, 0.6) is 0 Å². The van der Waals surface area contributed by atoms with E-state index in [0.717, 1.165) is 31.5 Å². The smallest absolute Gasteiger partial charge is 0.228 e. The van der Waals surface area contributed by atoms with Crippen LogP contribution in [-0.4, -0.2) is 35.4 Å². The van der Waals surface area contributed by atoms with Gasteiger partial charge in [-0.25, -0.2) is 0 Å². The zero-order valence-electron chi connectivity index (χ0n) is 21.0. The summed E-state index contributed by atoms with van der Waals surface area (Å²) >= 11 is 0. The van der Waals surface area contributed by atoms with Crippen molar-refractivity contribution in [3.63, 3.8) is 0 Å². The fourth-order valence-electron chi connectivity index (χ4n) is 6.33. The van der Waals surface area contributed by atoms with Gasteiger partial charge in [-0.05, 0) is 47.1 Å². The van der Waals surface area contributed by atoms with E-state index in [4.69, 9.17) is 0 Å². The zero-order valence-corrected chi connectivity index (χ0v) is 21.0. The molecule has 0 aliphatic carbocycles. The summed E-state index contributed by atoms with van der Waals surface area (Å²) < 4.78 is 0. The van der Waals surface area contributed by atoms with Crippen LogP contribution in [0.1, 0.15) is 47.4 Å². The standard InChI is InChI=1S/C33H33N3O/c37-33(31-23-35-22-30(31)29-16-8-7-15-28(29)27-14-9-18-34-21-27)36-19-17-26(24-10-3-1-4-11-24)20-32(36)25-12-5-2-6-13-25/h1-16,18,21,26,30-32,35H,17,19-20,22-23H2/t26-,30-,31+,32+/m0/s1. The van der Waals surface area contributed by atoms with Crippen LogP contribution in [0.4, 0.5) is 0 Å². The molecule has 1 amide bonds. The average Bonchev–Trinajstić information content (AvgIpc) is 3.48. The van der Waals surface area contributed by atoms with Crippen LogP contribution >= 0.6 is 0 Å². The zero-order chi connectivity index (χ0) is 25.0. The summed E-state index contributed by atoms with van der Waals surface area (Å²) in [6.07, 6.45) is 5.67. The molecule has 2 fully saturated rings. The van der Waals surface area contributed by atoms with Crippen molar-refractivity contribution in [2.75, 3.05) is 19.6 Å². The van der Waals surface area contributed by atoms with Gasteiger partial charge in [0.15, 0.2) is 0 Å². The molecular formula is C33H33N3O. The normalized spacial score (nSPS) is 23.6. The van der Waals surface area contributed by atoms with Gasteiger partial charge in [-0.1, -0.05) is 91.0 Å². The molecule has 0 radical (unpaired) electrons. The maximum atomic E-state index is 14.3. The molecule has 2 aliphatic rings. The van der Waals surface area contributed by atoms with E-state index in [0.29, 0.717) is 12.5 Å². The van der Waals surface area contributed by atoms with Crippen molar-refractivity contribution in [1.29, 1.82) is 0 Å². The number of rotatable bonds is 5. The first kappa shape index (κ1) is 23.6. The summed E-state index contributed by atoms with van der Waals surface area (Å²) in [6, 6.07) is 34.1. The van der Waals surface area contributed by atoms with E-state index in [1.165, 1.54) is 22.3 Å². The molecule has 3 heterocycles. The first-order valence-electron chi connectivity index (χ1n) is 13.4. The van der Waals surface area contributed by atoms with E-state index >= 15 is 0 Å². The second-order valence-corrected chi connectivity index (χ2v) is 10.3. The van der Waals surface area contributed by atoms with Crippen molar-refractivity contribution in [2.45, 2.75) is 30.7 Å². The van der Waals surface area contributed by atoms with Crippen LogP contribution in [-0.2, 0) is 4.79 Å². The molecule has 2 saturated heterocycles. The summed E-state index contributed by atoms with van der Waals surface area (Å²) in [5.41, 5.74) is 6.11. The molecule has 4 heteroatoms. The van der Waals surface area contributed by atoms with Gasteiger partial charge in [0.05, 0.1) is 12.0 Å². The van der Waals surface area contributed by atoms with Crippen molar-refractivity contribution in [3.05, 3.63) is 126 Å². The van der Waals surface area contributed by atoms with Crippen molar-refractivity contribution < 1.29 is 4.79 Å². The number of carbonyl (C=O) groups is 1. The van der Waals surface area contributed by atoms with Crippen LogP contribution in [0.2, 0.25) is 0 Å². The Hall–Kier alpha value is -3.76. The molecule has 2 aliphatic heterocycles. The van der Waals surface area contributed by atoms with Gasteiger partial charge in [0.1, 0.15) is 0 Å². The number of hydrogen-bond donors (Lipinski definition) is 1. The van der Waals surface area contributed by atoms with E-state index < -0.39 is 0 Å². The van der Waals surface area contributed by atoms with Crippen LogP contribution < -0.4 is 5.32 Å². The van der Waals surface area contributed by atoms with Gasteiger partial charge < -0.3 is 10.2 Å². The minimum absolute atomic E-state index is 0.0856. The Kier molecular flexibility index (Phi) is 6.83. The van der Waals surface area contributed by atoms with Crippen molar-refractivity contribution >= 4 is 5.91 Å². The molecular weight excluding hydrogens is 454 g/mol. The fraction of sp³-hybridized carbons (Fsp3) is 0.273. The molecule has 0 saturated carbocycles. The molecule has 186 valence electrons. The number of piperidine rings is 1. The molecule has 0 bridgehead atoms. The molecule has 4 nitrogen and oxygen atoms in total. The molecule has 1 N–H and O–H groups in total. The predicted molar refractivity (Wildman–Crippen MR) is 148 cm³/mol. The Morgan fingerprint density at radius 2 is 1.54 bits per heavy atom. The first-order valence-corrected chi connectivity index (χ1v) is 13.4. The Morgan fingerprint density at radius 1 is 0.811 bits per heavy atom. The first-order chi connectivity index (χ1) is 18.3. The predicted octanol–water partition coefficient (Wildman–Crippen LogP) is 6.20. The highest BCUT2D eigenvalue weighted by Gasteiger charge is 2.41. The van der Waals surface area contributed by atoms with Gasteiger partial charge in [-0.15, -0.1) is 0 Å². The van der Waals surface area contributed by atoms with E-state index in [1.807, 2.05) is 12.3 Å². The third-order valence-corrected chi connectivity index (χ3v) is 8.21. The lowest BCUT2D eigenvalue weighted by atomic mass is 9.80. The minimum Gasteiger partial charge on any atom is -0.335 e. The molecule has 0 spiro atoms. The lowest BCUT2D eigenvalue weighted by Gasteiger charge is -2.42. The average molecular weight is 488 g/mol. The Balaban J connectivity index is 1.31. The molecule has 4 aromatic rings. The lowest BCUT2D eigenvalue weighted by Crippen LogP contribution is -2.45. The summed E-state index contributed by atoms with van der Waals surface area (Å²) in [5.74, 6) is 0.778. The van der Waals surface area contributed by atoms with Gasteiger partial charge in [-0.3, -0.25) is 9.78 Å². The minimum atomic E-state index is -0.0858. The summed E-state index contributed by atoms with van der Waals surface area (Å²) in [7, 11) is 0. The highest BCUT2D eigenvalue weighted by atomic mass is 16.2. The number of nitrogens with zero attached hydrogens (tertiary/aromatic N) is 2. The van der Waals surface area contributed by atoms with Crippen LogP contribution in [0.25, 0.3) is 11.1 Å². The number of benzene rings is 3. The van der Waals surface area contributed by atoms with Crippen LogP contribution in [0.3, 0.4) is 0 Å².